The maximum atomic E-state index is 11.9. The van der Waals surface area contributed by atoms with Crippen LogP contribution < -0.4 is 20.1 Å². The molecule has 2 N–H and O–H groups in total. The number of nitro groups is 1. The van der Waals surface area contributed by atoms with E-state index >= 15 is 0 Å². The molecule has 0 radical (unpaired) electrons. The van der Waals surface area contributed by atoms with Crippen LogP contribution in [0.4, 0.5) is 5.69 Å². The summed E-state index contributed by atoms with van der Waals surface area (Å²) in [6.45, 7) is 0.267. The molecule has 0 saturated heterocycles. The Hall–Kier alpha value is -3.62. The number of methoxy groups -OCH3 is 1. The lowest BCUT2D eigenvalue weighted by atomic mass is 10.2. The number of nitro benzene ring substituents is 1. The lowest BCUT2D eigenvalue weighted by Gasteiger charge is -2.09. The second kappa shape index (κ2) is 9.76. The van der Waals surface area contributed by atoms with Gasteiger partial charge in [-0.1, -0.05) is 0 Å². The Labute approximate surface area is 155 Å². The third-order valence-electron chi connectivity index (χ3n) is 3.50. The van der Waals surface area contributed by atoms with Crippen molar-refractivity contribution in [1.82, 2.24) is 10.6 Å². The zero-order valence-electron chi connectivity index (χ0n) is 14.6. The smallest absolute Gasteiger partial charge is 0.269 e. The number of carbonyl (C=O) groups is 2. The molecule has 2 rings (SSSR count). The standard InChI is InChI=1S/C18H19N3O6/c1-26-15-6-2-13(3-7-15)18(23)20-11-10-19-17(22)12-27-16-8-4-14(5-9-16)21(24)25/h2-9H,10-12H2,1H3,(H,19,22)(H,20,23). The summed E-state index contributed by atoms with van der Waals surface area (Å²) in [5.74, 6) is 0.386. The van der Waals surface area contributed by atoms with Crippen molar-refractivity contribution in [3.8, 4) is 11.5 Å². The van der Waals surface area contributed by atoms with Crippen LogP contribution in [0.3, 0.4) is 0 Å². The fourth-order valence-electron chi connectivity index (χ4n) is 2.09. The van der Waals surface area contributed by atoms with Crippen molar-refractivity contribution < 1.29 is 24.0 Å². The summed E-state index contributed by atoms with van der Waals surface area (Å²) in [4.78, 5) is 33.7. The van der Waals surface area contributed by atoms with E-state index in [1.54, 1.807) is 31.4 Å². The fourth-order valence-corrected chi connectivity index (χ4v) is 2.09. The van der Waals surface area contributed by atoms with Gasteiger partial charge >= 0.3 is 0 Å². The molecule has 9 heteroatoms. The van der Waals surface area contributed by atoms with E-state index in [0.717, 1.165) is 0 Å². The molecule has 0 aliphatic rings. The Morgan fingerprint density at radius 3 is 2.15 bits per heavy atom. The number of benzene rings is 2. The Morgan fingerprint density at radius 1 is 0.963 bits per heavy atom. The SMILES string of the molecule is COc1ccc(C(=O)NCCNC(=O)COc2ccc([N+](=O)[O-])cc2)cc1. The third-order valence-corrected chi connectivity index (χ3v) is 3.50. The van der Waals surface area contributed by atoms with Gasteiger partial charge in [0.1, 0.15) is 11.5 Å². The van der Waals surface area contributed by atoms with Gasteiger partial charge in [-0.25, -0.2) is 0 Å². The van der Waals surface area contributed by atoms with Crippen LogP contribution in [0, 0.1) is 10.1 Å². The molecule has 2 aromatic carbocycles. The highest BCUT2D eigenvalue weighted by molar-refractivity contribution is 5.94. The van der Waals surface area contributed by atoms with E-state index < -0.39 is 4.92 Å². The first-order chi connectivity index (χ1) is 13.0. The highest BCUT2D eigenvalue weighted by atomic mass is 16.6. The fraction of sp³-hybridized carbons (Fsp3) is 0.222. The van der Waals surface area contributed by atoms with E-state index in [4.69, 9.17) is 9.47 Å². The quantitative estimate of drug-likeness (QED) is 0.391. The molecule has 0 fully saturated rings. The molecule has 0 aliphatic heterocycles. The predicted octanol–water partition coefficient (Wildman–Crippen LogP) is 1.53. The molecule has 0 unspecified atom stereocenters. The van der Waals surface area contributed by atoms with Crippen LogP contribution >= 0.6 is 0 Å². The topological polar surface area (TPSA) is 120 Å². The summed E-state index contributed by atoms with van der Waals surface area (Å²) in [6, 6.07) is 12.1. The number of nitrogens with zero attached hydrogens (tertiary/aromatic N) is 1. The molecular formula is C18H19N3O6. The molecule has 0 saturated carbocycles. The molecule has 142 valence electrons. The second-order valence-electron chi connectivity index (χ2n) is 5.37. The Bertz CT molecular complexity index is 790. The molecule has 27 heavy (non-hydrogen) atoms. The van der Waals surface area contributed by atoms with Crippen LogP contribution in [0.15, 0.2) is 48.5 Å². The Balaban J connectivity index is 1.65. The molecule has 0 heterocycles. The summed E-state index contributed by atoms with van der Waals surface area (Å²) in [7, 11) is 1.54. The lowest BCUT2D eigenvalue weighted by Crippen LogP contribution is -2.36. The minimum absolute atomic E-state index is 0.0561. The Kier molecular flexibility index (Phi) is 7.12. The van der Waals surface area contributed by atoms with Crippen molar-refractivity contribution in [1.29, 1.82) is 0 Å². The van der Waals surface area contributed by atoms with Gasteiger partial charge in [0.25, 0.3) is 17.5 Å². The van der Waals surface area contributed by atoms with Gasteiger partial charge in [0.2, 0.25) is 0 Å². The van der Waals surface area contributed by atoms with Gasteiger partial charge in [-0.2, -0.15) is 0 Å². The van der Waals surface area contributed by atoms with E-state index in [9.17, 15) is 19.7 Å². The highest BCUT2D eigenvalue weighted by Crippen LogP contribution is 2.17. The van der Waals surface area contributed by atoms with E-state index in [2.05, 4.69) is 10.6 Å². The number of hydrogen-bond acceptors (Lipinski definition) is 6. The van der Waals surface area contributed by atoms with E-state index in [-0.39, 0.29) is 37.2 Å². The molecule has 2 amide bonds. The molecule has 0 aliphatic carbocycles. The van der Waals surface area contributed by atoms with Crippen LogP contribution in [0.25, 0.3) is 0 Å². The van der Waals surface area contributed by atoms with Crippen LogP contribution in [0.1, 0.15) is 10.4 Å². The maximum Gasteiger partial charge on any atom is 0.269 e. The Morgan fingerprint density at radius 2 is 1.56 bits per heavy atom. The van der Waals surface area contributed by atoms with Crippen molar-refractivity contribution in [3.05, 3.63) is 64.2 Å². The zero-order valence-corrected chi connectivity index (χ0v) is 14.6. The van der Waals surface area contributed by atoms with Gasteiger partial charge in [0.05, 0.1) is 12.0 Å². The minimum Gasteiger partial charge on any atom is -0.497 e. The van der Waals surface area contributed by atoms with Gasteiger partial charge in [0, 0.05) is 30.8 Å². The van der Waals surface area contributed by atoms with Crippen molar-refractivity contribution in [2.75, 3.05) is 26.8 Å². The van der Waals surface area contributed by atoms with Crippen molar-refractivity contribution in [2.24, 2.45) is 0 Å². The molecular weight excluding hydrogens is 354 g/mol. The normalized spacial score (nSPS) is 9.96. The van der Waals surface area contributed by atoms with Gasteiger partial charge in [-0.3, -0.25) is 19.7 Å². The summed E-state index contributed by atoms with van der Waals surface area (Å²) in [5, 5.41) is 15.8. The number of carbonyl (C=O) groups excluding carboxylic acids is 2. The summed E-state index contributed by atoms with van der Waals surface area (Å²) in [6.07, 6.45) is 0. The number of nitrogens with one attached hydrogen (secondary N) is 2. The van der Waals surface area contributed by atoms with E-state index in [1.165, 1.54) is 24.3 Å². The van der Waals surface area contributed by atoms with Crippen LogP contribution in [-0.2, 0) is 4.79 Å². The van der Waals surface area contributed by atoms with Crippen molar-refractivity contribution in [2.45, 2.75) is 0 Å². The minimum atomic E-state index is -0.517. The largest absolute Gasteiger partial charge is 0.497 e. The number of ether oxygens (including phenoxy) is 2. The average molecular weight is 373 g/mol. The number of non-ortho nitro benzene ring substituents is 1. The maximum absolute atomic E-state index is 11.9. The first-order valence-electron chi connectivity index (χ1n) is 8.06. The summed E-state index contributed by atoms with van der Waals surface area (Å²) in [5.41, 5.74) is 0.433. The zero-order chi connectivity index (χ0) is 19.6. The molecule has 0 bridgehead atoms. The first-order valence-corrected chi connectivity index (χ1v) is 8.06. The van der Waals surface area contributed by atoms with Gasteiger partial charge < -0.3 is 20.1 Å². The summed E-state index contributed by atoms with van der Waals surface area (Å²) < 4.78 is 10.3. The summed E-state index contributed by atoms with van der Waals surface area (Å²) >= 11 is 0. The van der Waals surface area contributed by atoms with Gasteiger partial charge in [-0.05, 0) is 36.4 Å². The van der Waals surface area contributed by atoms with Crippen LogP contribution in [0.5, 0.6) is 11.5 Å². The second-order valence-corrected chi connectivity index (χ2v) is 5.37. The molecule has 0 aromatic heterocycles. The van der Waals surface area contributed by atoms with Crippen LogP contribution in [0.2, 0.25) is 0 Å². The van der Waals surface area contributed by atoms with Gasteiger partial charge in [-0.15, -0.1) is 0 Å². The highest BCUT2D eigenvalue weighted by Gasteiger charge is 2.07. The number of amides is 2. The van der Waals surface area contributed by atoms with Crippen molar-refractivity contribution in [3.63, 3.8) is 0 Å². The van der Waals surface area contributed by atoms with Crippen molar-refractivity contribution >= 4 is 17.5 Å². The first kappa shape index (κ1) is 19.7. The lowest BCUT2D eigenvalue weighted by molar-refractivity contribution is -0.384. The third kappa shape index (κ3) is 6.31. The number of hydrogen-bond donors (Lipinski definition) is 2. The average Bonchev–Trinajstić information content (AvgIpc) is 2.69. The molecule has 0 spiro atoms. The predicted molar refractivity (Wildman–Crippen MR) is 96.9 cm³/mol. The van der Waals surface area contributed by atoms with E-state index in [0.29, 0.717) is 17.1 Å². The van der Waals surface area contributed by atoms with Gasteiger partial charge in [0.15, 0.2) is 6.61 Å². The van der Waals surface area contributed by atoms with E-state index in [1.807, 2.05) is 0 Å². The molecule has 2 aromatic rings. The monoisotopic (exact) mass is 373 g/mol. The van der Waals surface area contributed by atoms with Crippen LogP contribution in [-0.4, -0.2) is 43.5 Å². The molecule has 9 nitrogen and oxygen atoms in total. The molecule has 0 atom stereocenters. The number of rotatable bonds is 9.